The van der Waals surface area contributed by atoms with Crippen LogP contribution in [0.4, 0.5) is 5.69 Å². The molecule has 0 aliphatic carbocycles. The van der Waals surface area contributed by atoms with Gasteiger partial charge < -0.3 is 5.32 Å². The molecule has 116 valence electrons. The van der Waals surface area contributed by atoms with Gasteiger partial charge in [0.05, 0.1) is 17.0 Å². The average molecular weight is 448 g/mol. The third-order valence-electron chi connectivity index (χ3n) is 2.85. The lowest BCUT2D eigenvalue weighted by atomic mass is 10.1. The number of halogens is 2. The Labute approximate surface area is 145 Å². The first-order chi connectivity index (χ1) is 10.3. The molecule has 0 aliphatic rings. The highest BCUT2D eigenvalue weighted by Gasteiger charge is 2.12. The van der Waals surface area contributed by atoms with E-state index in [0.29, 0.717) is 10.2 Å². The number of nitrogens with one attached hydrogen (secondary N) is 1. The van der Waals surface area contributed by atoms with Crippen LogP contribution in [0, 0.1) is 0 Å². The lowest BCUT2D eigenvalue weighted by Crippen LogP contribution is -2.16. The van der Waals surface area contributed by atoms with Crippen LogP contribution in [0.3, 0.4) is 0 Å². The number of carbonyl (C=O) groups excluding carboxylic acids is 1. The van der Waals surface area contributed by atoms with Gasteiger partial charge in [-0.25, -0.2) is 13.6 Å². The molecular formula is C14H12Br2N2O3S. The Bertz CT molecular complexity index is 823. The minimum atomic E-state index is -3.77. The van der Waals surface area contributed by atoms with Crippen LogP contribution < -0.4 is 10.5 Å². The van der Waals surface area contributed by atoms with Crippen LogP contribution in [0.25, 0.3) is 0 Å². The third-order valence-corrected chi connectivity index (χ3v) is 5.19. The van der Waals surface area contributed by atoms with Gasteiger partial charge in [-0.15, -0.1) is 0 Å². The molecule has 5 nitrogen and oxygen atoms in total. The van der Waals surface area contributed by atoms with Gasteiger partial charge in [-0.3, -0.25) is 4.79 Å². The quantitative estimate of drug-likeness (QED) is 0.754. The van der Waals surface area contributed by atoms with Crippen LogP contribution >= 0.6 is 31.9 Å². The fourth-order valence-electron chi connectivity index (χ4n) is 1.78. The molecule has 0 atom stereocenters. The summed E-state index contributed by atoms with van der Waals surface area (Å²) in [7, 11) is -3.77. The number of anilines is 1. The first-order valence-electron chi connectivity index (χ1n) is 6.13. The molecule has 0 radical (unpaired) electrons. The molecule has 0 aliphatic heterocycles. The highest BCUT2D eigenvalue weighted by molar-refractivity contribution is 9.11. The zero-order valence-corrected chi connectivity index (χ0v) is 15.2. The van der Waals surface area contributed by atoms with Crippen molar-refractivity contribution in [2.45, 2.75) is 11.3 Å². The largest absolute Gasteiger partial charge is 0.325 e. The van der Waals surface area contributed by atoms with Crippen LogP contribution in [0.15, 0.2) is 56.3 Å². The van der Waals surface area contributed by atoms with Crippen molar-refractivity contribution >= 4 is 53.5 Å². The molecule has 2 rings (SSSR count). The van der Waals surface area contributed by atoms with Crippen molar-refractivity contribution < 1.29 is 13.2 Å². The molecule has 0 saturated heterocycles. The molecule has 0 bridgehead atoms. The van der Waals surface area contributed by atoms with Gasteiger partial charge in [0.1, 0.15) is 0 Å². The second kappa shape index (κ2) is 6.91. The van der Waals surface area contributed by atoms with Crippen molar-refractivity contribution in [1.82, 2.24) is 0 Å². The number of rotatable bonds is 4. The van der Waals surface area contributed by atoms with E-state index in [1.54, 1.807) is 0 Å². The Morgan fingerprint density at radius 3 is 2.36 bits per heavy atom. The number of hydrogen-bond acceptors (Lipinski definition) is 3. The van der Waals surface area contributed by atoms with Gasteiger partial charge in [0.25, 0.3) is 0 Å². The molecule has 8 heteroatoms. The zero-order chi connectivity index (χ0) is 16.3. The number of carbonyl (C=O) groups is 1. The molecule has 2 aromatic carbocycles. The first-order valence-corrected chi connectivity index (χ1v) is 9.26. The predicted molar refractivity (Wildman–Crippen MR) is 92.0 cm³/mol. The van der Waals surface area contributed by atoms with E-state index in [9.17, 15) is 13.2 Å². The summed E-state index contributed by atoms with van der Waals surface area (Å²) in [5.41, 5.74) is 1.33. The van der Waals surface area contributed by atoms with E-state index >= 15 is 0 Å². The van der Waals surface area contributed by atoms with Gasteiger partial charge in [-0.05, 0) is 45.8 Å². The standard InChI is InChI=1S/C14H12Br2N2O3S/c15-11-4-2-1-3-9(11)7-14(19)18-13-6-5-10(8-12(13)16)22(17,20)21/h1-6,8H,7H2,(H,18,19)(H2,17,20,21). The number of hydrogen-bond donors (Lipinski definition) is 2. The van der Waals surface area contributed by atoms with Gasteiger partial charge in [-0.1, -0.05) is 34.1 Å². The van der Waals surface area contributed by atoms with Crippen molar-refractivity contribution in [1.29, 1.82) is 0 Å². The van der Waals surface area contributed by atoms with Crippen molar-refractivity contribution in [2.75, 3.05) is 5.32 Å². The van der Waals surface area contributed by atoms with Gasteiger partial charge in [0, 0.05) is 8.95 Å². The second-order valence-electron chi connectivity index (χ2n) is 4.50. The van der Waals surface area contributed by atoms with Crippen LogP contribution in [0.2, 0.25) is 0 Å². The van der Waals surface area contributed by atoms with E-state index in [0.717, 1.165) is 10.0 Å². The van der Waals surface area contributed by atoms with Crippen LogP contribution in [0.5, 0.6) is 0 Å². The van der Waals surface area contributed by atoms with Crippen molar-refractivity contribution in [3.8, 4) is 0 Å². The van der Waals surface area contributed by atoms with E-state index in [-0.39, 0.29) is 17.2 Å². The van der Waals surface area contributed by atoms with E-state index in [2.05, 4.69) is 37.2 Å². The number of primary sulfonamides is 1. The molecule has 0 heterocycles. The van der Waals surface area contributed by atoms with E-state index < -0.39 is 10.0 Å². The summed E-state index contributed by atoms with van der Waals surface area (Å²) in [6.07, 6.45) is 0.199. The van der Waals surface area contributed by atoms with E-state index in [1.807, 2.05) is 24.3 Å². The van der Waals surface area contributed by atoms with Crippen molar-refractivity contribution in [3.05, 3.63) is 57.0 Å². The van der Waals surface area contributed by atoms with Crippen molar-refractivity contribution in [3.63, 3.8) is 0 Å². The van der Waals surface area contributed by atoms with Gasteiger partial charge in [0.2, 0.25) is 15.9 Å². The van der Waals surface area contributed by atoms with Gasteiger partial charge >= 0.3 is 0 Å². The number of benzene rings is 2. The highest BCUT2D eigenvalue weighted by atomic mass is 79.9. The van der Waals surface area contributed by atoms with Gasteiger partial charge in [-0.2, -0.15) is 0 Å². The summed E-state index contributed by atoms with van der Waals surface area (Å²) in [6.45, 7) is 0. The SMILES string of the molecule is NS(=O)(=O)c1ccc(NC(=O)Cc2ccccc2Br)c(Br)c1. The lowest BCUT2D eigenvalue weighted by molar-refractivity contribution is -0.115. The Hall–Kier alpha value is -1.22. The Morgan fingerprint density at radius 2 is 1.77 bits per heavy atom. The van der Waals surface area contributed by atoms with Crippen molar-refractivity contribution in [2.24, 2.45) is 5.14 Å². The molecule has 0 aromatic heterocycles. The smallest absolute Gasteiger partial charge is 0.238 e. The predicted octanol–water partition coefficient (Wildman–Crippen LogP) is 3.04. The molecular weight excluding hydrogens is 436 g/mol. The summed E-state index contributed by atoms with van der Waals surface area (Å²) in [4.78, 5) is 12.0. The Morgan fingerprint density at radius 1 is 1.09 bits per heavy atom. The first kappa shape index (κ1) is 17.1. The minimum absolute atomic E-state index is 0.0248. The number of nitrogens with two attached hydrogens (primary N) is 1. The van der Waals surface area contributed by atoms with Crippen LogP contribution in [-0.2, 0) is 21.2 Å². The van der Waals surface area contributed by atoms with E-state index in [1.165, 1.54) is 18.2 Å². The summed E-state index contributed by atoms with van der Waals surface area (Å²) in [5.74, 6) is -0.212. The normalized spacial score (nSPS) is 11.2. The molecule has 2 aromatic rings. The third kappa shape index (κ3) is 4.39. The number of amides is 1. The fraction of sp³-hybridized carbons (Fsp3) is 0.0714. The molecule has 0 saturated carbocycles. The Kier molecular flexibility index (Phi) is 5.38. The minimum Gasteiger partial charge on any atom is -0.325 e. The van der Waals surface area contributed by atoms with E-state index in [4.69, 9.17) is 5.14 Å². The molecule has 22 heavy (non-hydrogen) atoms. The van der Waals surface area contributed by atoms with Crippen LogP contribution in [0.1, 0.15) is 5.56 Å². The lowest BCUT2D eigenvalue weighted by Gasteiger charge is -2.09. The average Bonchev–Trinajstić information content (AvgIpc) is 2.42. The molecule has 1 amide bonds. The summed E-state index contributed by atoms with van der Waals surface area (Å²) >= 11 is 6.61. The summed E-state index contributed by atoms with van der Waals surface area (Å²) in [6, 6.07) is 11.6. The highest BCUT2D eigenvalue weighted by Crippen LogP contribution is 2.26. The zero-order valence-electron chi connectivity index (χ0n) is 11.2. The second-order valence-corrected chi connectivity index (χ2v) is 7.77. The summed E-state index contributed by atoms with van der Waals surface area (Å²) < 4.78 is 23.8. The Balaban J connectivity index is 2.14. The maximum atomic E-state index is 12.1. The topological polar surface area (TPSA) is 89.3 Å². The maximum absolute atomic E-state index is 12.1. The van der Waals surface area contributed by atoms with Crippen LogP contribution in [-0.4, -0.2) is 14.3 Å². The summed E-state index contributed by atoms with van der Waals surface area (Å²) in [5, 5.41) is 7.78. The molecule has 3 N–H and O–H groups in total. The molecule has 0 spiro atoms. The molecule has 0 unspecified atom stereocenters. The fourth-order valence-corrected chi connectivity index (χ4v) is 3.38. The van der Waals surface area contributed by atoms with Gasteiger partial charge in [0.15, 0.2) is 0 Å². The monoisotopic (exact) mass is 446 g/mol. The molecule has 0 fully saturated rings. The number of sulfonamides is 1. The maximum Gasteiger partial charge on any atom is 0.238 e.